The van der Waals surface area contributed by atoms with E-state index >= 15 is 0 Å². The van der Waals surface area contributed by atoms with Gasteiger partial charge in [-0.3, -0.25) is 14.2 Å². The highest BCUT2D eigenvalue weighted by atomic mass is 32.1. The van der Waals surface area contributed by atoms with Crippen molar-refractivity contribution < 1.29 is 4.79 Å². The highest BCUT2D eigenvalue weighted by Gasteiger charge is 2.20. The Morgan fingerprint density at radius 1 is 1.21 bits per heavy atom. The molecule has 8 heteroatoms. The molecule has 0 saturated heterocycles. The number of hydrogen-bond acceptors (Lipinski definition) is 5. The van der Waals surface area contributed by atoms with Gasteiger partial charge in [0.25, 0.3) is 5.56 Å². The van der Waals surface area contributed by atoms with Crippen molar-refractivity contribution in [2.45, 2.75) is 39.4 Å². The van der Waals surface area contributed by atoms with Gasteiger partial charge >= 0.3 is 0 Å². The summed E-state index contributed by atoms with van der Waals surface area (Å²) in [6, 6.07) is 9.57. The summed E-state index contributed by atoms with van der Waals surface area (Å²) in [6.45, 7) is 6.01. The lowest BCUT2D eigenvalue weighted by atomic mass is 10.2. The van der Waals surface area contributed by atoms with E-state index in [0.29, 0.717) is 10.2 Å². The van der Waals surface area contributed by atoms with Crippen LogP contribution >= 0.6 is 11.3 Å². The van der Waals surface area contributed by atoms with E-state index in [1.54, 1.807) is 6.07 Å². The molecule has 0 aliphatic carbocycles. The second-order valence-corrected chi connectivity index (χ2v) is 7.92. The predicted octanol–water partition coefficient (Wildman–Crippen LogP) is 3.27. The van der Waals surface area contributed by atoms with Gasteiger partial charge in [0, 0.05) is 6.04 Å². The van der Waals surface area contributed by atoms with Gasteiger partial charge in [-0.2, -0.15) is 0 Å². The van der Waals surface area contributed by atoms with Crippen molar-refractivity contribution in [1.82, 2.24) is 24.4 Å². The molecule has 7 nitrogen and oxygen atoms in total. The summed E-state index contributed by atoms with van der Waals surface area (Å²) in [6.07, 6.45) is 1.43. The molecule has 4 aromatic rings. The van der Waals surface area contributed by atoms with Crippen molar-refractivity contribution in [1.29, 1.82) is 0 Å². The first kappa shape index (κ1) is 18.4. The molecule has 0 aliphatic heterocycles. The Labute approximate surface area is 165 Å². The van der Waals surface area contributed by atoms with Crippen LogP contribution in [0.25, 0.3) is 21.3 Å². The minimum absolute atomic E-state index is 0.0795. The second kappa shape index (κ2) is 7.20. The fraction of sp³-hybridized carbons (Fsp3) is 0.300. The summed E-state index contributed by atoms with van der Waals surface area (Å²) in [5.74, 6) is 0.539. The number of hydrogen-bond donors (Lipinski definition) is 1. The zero-order chi connectivity index (χ0) is 19.8. The molecule has 1 atom stereocenters. The lowest BCUT2D eigenvalue weighted by Gasteiger charge is -2.19. The minimum atomic E-state index is -0.296. The monoisotopic (exact) mass is 395 g/mol. The maximum Gasteiger partial charge on any atom is 0.262 e. The molecule has 1 aromatic carbocycles. The largest absolute Gasteiger partial charge is 0.345 e. The van der Waals surface area contributed by atoms with Crippen LogP contribution in [0.2, 0.25) is 0 Å². The van der Waals surface area contributed by atoms with E-state index in [1.807, 2.05) is 36.6 Å². The number of amides is 1. The Balaban J connectivity index is 1.58. The molecule has 1 N–H and O–H groups in total. The number of carbonyl (C=O) groups is 1. The molecule has 1 amide bonds. The van der Waals surface area contributed by atoms with E-state index in [4.69, 9.17) is 4.98 Å². The minimum Gasteiger partial charge on any atom is -0.345 e. The van der Waals surface area contributed by atoms with E-state index < -0.39 is 0 Å². The van der Waals surface area contributed by atoms with E-state index in [2.05, 4.69) is 28.7 Å². The maximum atomic E-state index is 12.6. The summed E-state index contributed by atoms with van der Waals surface area (Å²) in [4.78, 5) is 34.7. The van der Waals surface area contributed by atoms with E-state index in [9.17, 15) is 9.59 Å². The second-order valence-electron chi connectivity index (χ2n) is 7.03. The predicted molar refractivity (Wildman–Crippen MR) is 111 cm³/mol. The zero-order valence-corrected chi connectivity index (χ0v) is 16.7. The van der Waals surface area contributed by atoms with Gasteiger partial charge in [-0.05, 0) is 44.4 Å². The summed E-state index contributed by atoms with van der Waals surface area (Å²) < 4.78 is 3.47. The topological polar surface area (TPSA) is 81.8 Å². The molecule has 0 aliphatic rings. The first-order chi connectivity index (χ1) is 13.5. The van der Waals surface area contributed by atoms with E-state index in [0.717, 1.165) is 16.9 Å². The van der Waals surface area contributed by atoms with Crippen molar-refractivity contribution in [2.75, 3.05) is 0 Å². The third-order valence-electron chi connectivity index (χ3n) is 4.67. The number of nitrogens with one attached hydrogen (secondary N) is 1. The van der Waals surface area contributed by atoms with Gasteiger partial charge in [0.2, 0.25) is 5.91 Å². The highest BCUT2D eigenvalue weighted by molar-refractivity contribution is 7.16. The van der Waals surface area contributed by atoms with Gasteiger partial charge < -0.3 is 9.88 Å². The number of rotatable bonds is 5. The smallest absolute Gasteiger partial charge is 0.262 e. The molecular weight excluding hydrogens is 374 g/mol. The summed E-state index contributed by atoms with van der Waals surface area (Å²) in [5, 5.41) is 5.32. The third-order valence-corrected chi connectivity index (χ3v) is 5.49. The Kier molecular flexibility index (Phi) is 4.72. The number of imidazole rings is 1. The number of thiophene rings is 1. The Hall–Kier alpha value is -3.00. The van der Waals surface area contributed by atoms with Crippen molar-refractivity contribution in [3.8, 4) is 0 Å². The average Bonchev–Trinajstić information content (AvgIpc) is 3.28. The fourth-order valence-electron chi connectivity index (χ4n) is 3.42. The Morgan fingerprint density at radius 2 is 2.00 bits per heavy atom. The van der Waals surface area contributed by atoms with E-state index in [1.165, 1.54) is 22.2 Å². The number of benzene rings is 1. The molecule has 0 unspecified atom stereocenters. The first-order valence-corrected chi connectivity index (χ1v) is 10.0. The number of fused-ring (bicyclic) bond motifs is 2. The molecule has 3 aromatic heterocycles. The fourth-order valence-corrected chi connectivity index (χ4v) is 4.15. The molecular formula is C20H21N5O2S. The van der Waals surface area contributed by atoms with Gasteiger partial charge in [0.05, 0.1) is 28.8 Å². The zero-order valence-electron chi connectivity index (χ0n) is 15.9. The van der Waals surface area contributed by atoms with Crippen molar-refractivity contribution in [3.63, 3.8) is 0 Å². The molecule has 0 fully saturated rings. The molecule has 4 rings (SSSR count). The maximum absolute atomic E-state index is 12.6. The van der Waals surface area contributed by atoms with Crippen LogP contribution in [-0.4, -0.2) is 25.0 Å². The van der Waals surface area contributed by atoms with Gasteiger partial charge in [-0.25, -0.2) is 9.97 Å². The van der Waals surface area contributed by atoms with Crippen molar-refractivity contribution in [3.05, 3.63) is 58.2 Å². The van der Waals surface area contributed by atoms with Crippen LogP contribution in [0.15, 0.2) is 46.8 Å². The molecule has 0 bridgehead atoms. The Morgan fingerprint density at radius 3 is 2.79 bits per heavy atom. The van der Waals surface area contributed by atoms with Gasteiger partial charge in [0.15, 0.2) is 0 Å². The van der Waals surface area contributed by atoms with Crippen LogP contribution in [0.3, 0.4) is 0 Å². The molecule has 0 saturated carbocycles. The molecule has 0 spiro atoms. The van der Waals surface area contributed by atoms with Crippen molar-refractivity contribution in [2.24, 2.45) is 0 Å². The number of nitrogens with zero attached hydrogens (tertiary/aromatic N) is 4. The number of aromatic nitrogens is 4. The Bertz CT molecular complexity index is 1220. The van der Waals surface area contributed by atoms with Gasteiger partial charge in [0.1, 0.15) is 17.2 Å². The highest BCUT2D eigenvalue weighted by Crippen LogP contribution is 2.24. The molecule has 3 heterocycles. The summed E-state index contributed by atoms with van der Waals surface area (Å²) in [7, 11) is 0. The van der Waals surface area contributed by atoms with Crippen LogP contribution < -0.4 is 10.9 Å². The standard InChI is InChI=1S/C20H21N5O2S/c1-12(2)25-16-7-5-4-6-15(16)23-18(25)13(3)22-17(26)10-24-11-21-19-14(20(24)27)8-9-28-19/h4-9,11-13H,10H2,1-3H3,(H,22,26)/t13-/m0/s1. The lowest BCUT2D eigenvalue weighted by molar-refractivity contribution is -0.122. The van der Waals surface area contributed by atoms with Gasteiger partial charge in [-0.1, -0.05) is 12.1 Å². The third kappa shape index (κ3) is 3.20. The quantitative estimate of drug-likeness (QED) is 0.562. The van der Waals surface area contributed by atoms with Crippen LogP contribution in [0.1, 0.15) is 38.7 Å². The van der Waals surface area contributed by atoms with Crippen molar-refractivity contribution >= 4 is 38.5 Å². The van der Waals surface area contributed by atoms with Gasteiger partial charge in [-0.15, -0.1) is 11.3 Å². The number of para-hydroxylation sites is 2. The van der Waals surface area contributed by atoms with Crippen LogP contribution in [0, 0.1) is 0 Å². The lowest BCUT2D eigenvalue weighted by Crippen LogP contribution is -2.34. The normalized spacial score (nSPS) is 12.7. The molecule has 0 radical (unpaired) electrons. The van der Waals surface area contributed by atoms with Crippen LogP contribution in [0.4, 0.5) is 0 Å². The summed E-state index contributed by atoms with van der Waals surface area (Å²) in [5.41, 5.74) is 1.73. The molecule has 144 valence electrons. The van der Waals surface area contributed by atoms with Crippen LogP contribution in [-0.2, 0) is 11.3 Å². The average molecular weight is 395 g/mol. The SMILES string of the molecule is CC(C)n1c([C@H](C)NC(=O)Cn2cnc3sccc3c2=O)nc2ccccc21. The van der Waals surface area contributed by atoms with Crippen LogP contribution in [0.5, 0.6) is 0 Å². The number of carbonyl (C=O) groups excluding carboxylic acids is 1. The molecule has 28 heavy (non-hydrogen) atoms. The summed E-state index contributed by atoms with van der Waals surface area (Å²) >= 11 is 1.41. The van der Waals surface area contributed by atoms with E-state index in [-0.39, 0.29) is 30.1 Å². The first-order valence-electron chi connectivity index (χ1n) is 9.14.